The zero-order valence-electron chi connectivity index (χ0n) is 7.88. The normalized spacial score (nSPS) is 10.5. The van der Waals surface area contributed by atoms with Crippen molar-refractivity contribution < 1.29 is 14.6 Å². The van der Waals surface area contributed by atoms with Gasteiger partial charge < -0.3 is 9.47 Å². The Morgan fingerprint density at radius 1 is 0.917 bits per heavy atom. The van der Waals surface area contributed by atoms with E-state index in [-0.39, 0.29) is 6.61 Å². The first-order valence-corrected chi connectivity index (χ1v) is 4.65. The minimum Gasteiger partial charge on any atom is -0.379 e. The number of rotatable bonds is 9. The van der Waals surface area contributed by atoms with Crippen LogP contribution in [0.2, 0.25) is 0 Å². The van der Waals surface area contributed by atoms with E-state index >= 15 is 0 Å². The van der Waals surface area contributed by atoms with Gasteiger partial charge in [0.05, 0.1) is 19.8 Å². The Kier molecular flexibility index (Phi) is 10.8. The van der Waals surface area contributed by atoms with Gasteiger partial charge in [0.25, 0.3) is 0 Å². The summed E-state index contributed by atoms with van der Waals surface area (Å²) in [4.78, 5) is 0. The van der Waals surface area contributed by atoms with Crippen LogP contribution in [0.15, 0.2) is 0 Å². The molecule has 0 rings (SSSR count). The van der Waals surface area contributed by atoms with Gasteiger partial charge in [-0.2, -0.15) is 0 Å². The molecule has 0 atom stereocenters. The molecule has 0 saturated heterocycles. The quantitative estimate of drug-likeness (QED) is 0.500. The summed E-state index contributed by atoms with van der Waals surface area (Å²) in [5, 5.41) is 9.94. The van der Waals surface area contributed by atoms with Crippen molar-refractivity contribution in [2.24, 2.45) is 0 Å². The second kappa shape index (κ2) is 10.9. The van der Waals surface area contributed by atoms with Crippen molar-refractivity contribution >= 4 is 0 Å². The Morgan fingerprint density at radius 3 is 2.17 bits per heavy atom. The molecule has 0 spiro atoms. The Morgan fingerprint density at radius 2 is 1.58 bits per heavy atom. The summed E-state index contributed by atoms with van der Waals surface area (Å²) >= 11 is 0. The molecular formula is C9H19O3. The fourth-order valence-electron chi connectivity index (χ4n) is 0.835. The molecule has 0 unspecified atom stereocenters. The van der Waals surface area contributed by atoms with Crippen LogP contribution in [0.1, 0.15) is 26.2 Å². The van der Waals surface area contributed by atoms with Crippen LogP contribution in [0.5, 0.6) is 0 Å². The summed E-state index contributed by atoms with van der Waals surface area (Å²) < 4.78 is 10.2. The fourth-order valence-corrected chi connectivity index (χ4v) is 0.835. The van der Waals surface area contributed by atoms with Crippen molar-refractivity contribution in [3.63, 3.8) is 0 Å². The fraction of sp³-hybridized carbons (Fsp3) is 1.00. The first kappa shape index (κ1) is 11.9. The van der Waals surface area contributed by atoms with Crippen LogP contribution < -0.4 is 0 Å². The molecule has 0 aromatic rings. The first-order valence-electron chi connectivity index (χ1n) is 4.65. The van der Waals surface area contributed by atoms with Crippen molar-refractivity contribution in [2.45, 2.75) is 26.2 Å². The van der Waals surface area contributed by atoms with E-state index in [0.717, 1.165) is 13.0 Å². The summed E-state index contributed by atoms with van der Waals surface area (Å²) in [5.74, 6) is 0. The Balaban J connectivity index is 2.73. The highest BCUT2D eigenvalue weighted by Crippen LogP contribution is 1.93. The van der Waals surface area contributed by atoms with Gasteiger partial charge in [-0.3, -0.25) is 0 Å². The van der Waals surface area contributed by atoms with E-state index in [1.165, 1.54) is 12.8 Å². The van der Waals surface area contributed by atoms with Crippen LogP contribution in [-0.2, 0) is 14.6 Å². The molecule has 0 aromatic heterocycles. The van der Waals surface area contributed by atoms with Gasteiger partial charge in [-0.05, 0) is 6.42 Å². The van der Waals surface area contributed by atoms with Gasteiger partial charge >= 0.3 is 0 Å². The van der Waals surface area contributed by atoms with Crippen LogP contribution in [0.25, 0.3) is 0 Å². The van der Waals surface area contributed by atoms with Gasteiger partial charge in [-0.25, -0.2) is 5.11 Å². The first-order chi connectivity index (χ1) is 5.91. The lowest BCUT2D eigenvalue weighted by Gasteiger charge is -2.03. The third kappa shape index (κ3) is 9.88. The van der Waals surface area contributed by atoms with Crippen LogP contribution >= 0.6 is 0 Å². The molecule has 12 heavy (non-hydrogen) atoms. The van der Waals surface area contributed by atoms with E-state index in [2.05, 4.69) is 6.92 Å². The van der Waals surface area contributed by atoms with E-state index in [1.54, 1.807) is 0 Å². The number of hydrogen-bond acceptors (Lipinski definition) is 2. The van der Waals surface area contributed by atoms with Crippen molar-refractivity contribution in [2.75, 3.05) is 33.0 Å². The molecule has 0 fully saturated rings. The molecule has 0 bridgehead atoms. The number of ether oxygens (including phenoxy) is 2. The maximum atomic E-state index is 9.94. The van der Waals surface area contributed by atoms with Gasteiger partial charge in [0.15, 0.2) is 0 Å². The smallest absolute Gasteiger partial charge is 0.106 e. The largest absolute Gasteiger partial charge is 0.379 e. The molecule has 1 radical (unpaired) electrons. The lowest BCUT2D eigenvalue weighted by Crippen LogP contribution is -2.07. The second-order valence-electron chi connectivity index (χ2n) is 2.64. The van der Waals surface area contributed by atoms with Gasteiger partial charge in [0.1, 0.15) is 6.61 Å². The van der Waals surface area contributed by atoms with Crippen LogP contribution in [0, 0.1) is 0 Å². The highest BCUT2D eigenvalue weighted by molar-refractivity contribution is 4.36. The lowest BCUT2D eigenvalue weighted by molar-refractivity contribution is 0.0203. The topological polar surface area (TPSA) is 38.4 Å². The Labute approximate surface area is 74.7 Å². The monoisotopic (exact) mass is 175 g/mol. The third-order valence-corrected chi connectivity index (χ3v) is 1.49. The van der Waals surface area contributed by atoms with Gasteiger partial charge in [-0.1, -0.05) is 19.8 Å². The Bertz CT molecular complexity index is 66.2. The predicted octanol–water partition coefficient (Wildman–Crippen LogP) is 1.64. The molecule has 0 aliphatic heterocycles. The maximum Gasteiger partial charge on any atom is 0.106 e. The SMILES string of the molecule is CCCCCOCCOCC[O]. The molecule has 0 aliphatic rings. The van der Waals surface area contributed by atoms with Crippen molar-refractivity contribution in [1.82, 2.24) is 0 Å². The van der Waals surface area contributed by atoms with Crippen LogP contribution in [0.3, 0.4) is 0 Å². The minimum absolute atomic E-state index is 0.157. The van der Waals surface area contributed by atoms with Crippen molar-refractivity contribution in [3.8, 4) is 0 Å². The van der Waals surface area contributed by atoms with E-state index in [0.29, 0.717) is 19.8 Å². The third-order valence-electron chi connectivity index (χ3n) is 1.49. The van der Waals surface area contributed by atoms with E-state index in [4.69, 9.17) is 9.47 Å². The summed E-state index contributed by atoms with van der Waals surface area (Å²) in [5.41, 5.74) is 0. The number of hydrogen-bond donors (Lipinski definition) is 0. The van der Waals surface area contributed by atoms with Gasteiger partial charge in [0.2, 0.25) is 0 Å². The van der Waals surface area contributed by atoms with Gasteiger partial charge in [-0.15, -0.1) is 0 Å². The summed E-state index contributed by atoms with van der Waals surface area (Å²) in [6.45, 7) is 4.29. The highest BCUT2D eigenvalue weighted by Gasteiger charge is 1.89. The minimum atomic E-state index is -0.157. The summed E-state index contributed by atoms with van der Waals surface area (Å²) in [7, 11) is 0. The molecule has 0 aliphatic carbocycles. The molecule has 0 aromatic carbocycles. The van der Waals surface area contributed by atoms with E-state index in [1.807, 2.05) is 0 Å². The summed E-state index contributed by atoms with van der Waals surface area (Å²) in [6.07, 6.45) is 3.56. The van der Waals surface area contributed by atoms with E-state index in [9.17, 15) is 5.11 Å². The van der Waals surface area contributed by atoms with Crippen molar-refractivity contribution in [3.05, 3.63) is 0 Å². The highest BCUT2D eigenvalue weighted by atomic mass is 16.5. The Hall–Kier alpha value is -0.120. The standard InChI is InChI=1S/C9H19O3/c1-2-3-4-6-11-8-9-12-7-5-10/h2-9H2,1H3. The molecule has 0 amide bonds. The van der Waals surface area contributed by atoms with Gasteiger partial charge in [0, 0.05) is 6.61 Å². The lowest BCUT2D eigenvalue weighted by atomic mass is 10.3. The molecule has 0 saturated carbocycles. The van der Waals surface area contributed by atoms with E-state index < -0.39 is 0 Å². The molecule has 0 N–H and O–H groups in total. The molecular weight excluding hydrogens is 156 g/mol. The summed E-state index contributed by atoms with van der Waals surface area (Å²) in [6, 6.07) is 0. The maximum absolute atomic E-state index is 9.94. The van der Waals surface area contributed by atoms with Crippen LogP contribution in [-0.4, -0.2) is 33.0 Å². The molecule has 3 nitrogen and oxygen atoms in total. The predicted molar refractivity (Wildman–Crippen MR) is 46.7 cm³/mol. The number of unbranched alkanes of at least 4 members (excludes halogenated alkanes) is 2. The average molecular weight is 175 g/mol. The molecule has 3 heteroatoms. The van der Waals surface area contributed by atoms with Crippen molar-refractivity contribution in [1.29, 1.82) is 0 Å². The second-order valence-corrected chi connectivity index (χ2v) is 2.64. The average Bonchev–Trinajstić information content (AvgIpc) is 2.10. The van der Waals surface area contributed by atoms with Crippen LogP contribution in [0.4, 0.5) is 0 Å². The molecule has 73 valence electrons. The zero-order valence-corrected chi connectivity index (χ0v) is 7.88. The zero-order chi connectivity index (χ0) is 9.07. The molecule has 0 heterocycles.